The van der Waals surface area contributed by atoms with Crippen LogP contribution in [0.2, 0.25) is 0 Å². The van der Waals surface area contributed by atoms with Crippen LogP contribution in [0.25, 0.3) is 11.4 Å². The van der Waals surface area contributed by atoms with Crippen molar-refractivity contribution in [2.45, 2.75) is 16.8 Å². The molecule has 1 amide bonds. The second kappa shape index (κ2) is 9.12. The topological polar surface area (TPSA) is 66.9 Å². The van der Waals surface area contributed by atoms with Crippen molar-refractivity contribution in [2.75, 3.05) is 30.2 Å². The molecule has 0 aliphatic rings. The maximum absolute atomic E-state index is 12.9. The molecule has 0 saturated heterocycles. The van der Waals surface area contributed by atoms with Gasteiger partial charge in [0.05, 0.1) is 0 Å². The average Bonchev–Trinajstić information content (AvgIpc) is 2.74. The van der Waals surface area contributed by atoms with Gasteiger partial charge < -0.3 is 10.6 Å². The number of hydrogen-bond acceptors (Lipinski definition) is 6. The predicted molar refractivity (Wildman–Crippen MR) is 120 cm³/mol. The fourth-order valence-electron chi connectivity index (χ4n) is 2.67. The number of carbonyl (C=O) groups is 1. The molecule has 1 aromatic heterocycles. The predicted octanol–water partition coefficient (Wildman–Crippen LogP) is 5.19. The van der Waals surface area contributed by atoms with Crippen molar-refractivity contribution in [2.24, 2.45) is 0 Å². The van der Waals surface area contributed by atoms with Gasteiger partial charge in [0.25, 0.3) is 5.91 Å². The Labute approximate surface area is 173 Å². The zero-order valence-electron chi connectivity index (χ0n) is 16.2. The first kappa shape index (κ1) is 20.2. The Bertz CT molecular complexity index is 948. The van der Waals surface area contributed by atoms with Crippen molar-refractivity contribution in [1.82, 2.24) is 9.97 Å². The smallest absolute Gasteiger partial charge is 0.262 e. The lowest BCUT2D eigenvalue weighted by Gasteiger charge is -2.14. The molecule has 3 rings (SSSR count). The van der Waals surface area contributed by atoms with Crippen LogP contribution in [-0.2, 0) is 0 Å². The number of nitrogens with zero attached hydrogens (tertiary/aromatic N) is 2. The Morgan fingerprint density at radius 1 is 0.929 bits per heavy atom. The van der Waals surface area contributed by atoms with Gasteiger partial charge in [-0.15, -0.1) is 23.5 Å². The summed E-state index contributed by atoms with van der Waals surface area (Å²) >= 11 is 3.11. The molecule has 0 bridgehead atoms. The Balaban J connectivity index is 1.98. The Morgan fingerprint density at radius 3 is 2.18 bits per heavy atom. The summed E-state index contributed by atoms with van der Waals surface area (Å²) in [5.41, 5.74) is 3.23. The van der Waals surface area contributed by atoms with Crippen molar-refractivity contribution in [3.63, 3.8) is 0 Å². The highest BCUT2D eigenvalue weighted by molar-refractivity contribution is 7.98. The molecule has 3 aromatic rings. The van der Waals surface area contributed by atoms with Crippen LogP contribution >= 0.6 is 23.5 Å². The first-order chi connectivity index (χ1) is 13.5. The summed E-state index contributed by atoms with van der Waals surface area (Å²) in [5.74, 6) is 0.864. The second-order valence-electron chi connectivity index (χ2n) is 6.08. The van der Waals surface area contributed by atoms with Crippen LogP contribution < -0.4 is 10.6 Å². The van der Waals surface area contributed by atoms with Gasteiger partial charge in [-0.25, -0.2) is 9.97 Å². The largest absolute Gasteiger partial charge is 0.372 e. The first-order valence-electron chi connectivity index (χ1n) is 8.72. The van der Waals surface area contributed by atoms with E-state index in [0.717, 1.165) is 16.8 Å². The van der Waals surface area contributed by atoms with E-state index in [0.29, 0.717) is 22.2 Å². The van der Waals surface area contributed by atoms with Gasteiger partial charge in [0, 0.05) is 23.2 Å². The summed E-state index contributed by atoms with van der Waals surface area (Å²) in [6.07, 6.45) is 3.95. The summed E-state index contributed by atoms with van der Waals surface area (Å²) < 4.78 is 0. The summed E-state index contributed by atoms with van der Waals surface area (Å²) in [5, 5.41) is 6.62. The standard InChI is InChI=1S/C21H22N4OS2/c1-13-5-9-15(10-6-13)23-20(26)17-19(22-2)24-18(25-21(17)28-4)14-7-11-16(27-3)12-8-14/h5-12H,1-4H3,(H,23,26)(H,22,24,25). The number of amides is 1. The molecule has 0 atom stereocenters. The monoisotopic (exact) mass is 410 g/mol. The Hall–Kier alpha value is -2.51. The zero-order chi connectivity index (χ0) is 20.1. The lowest BCUT2D eigenvalue weighted by molar-refractivity contribution is 0.102. The van der Waals surface area contributed by atoms with E-state index in [9.17, 15) is 4.79 Å². The van der Waals surface area contributed by atoms with Gasteiger partial charge in [0.15, 0.2) is 5.82 Å². The van der Waals surface area contributed by atoms with E-state index in [1.54, 1.807) is 18.8 Å². The molecule has 0 spiro atoms. The highest BCUT2D eigenvalue weighted by Crippen LogP contribution is 2.29. The number of aromatic nitrogens is 2. The number of carbonyl (C=O) groups excluding carboxylic acids is 1. The van der Waals surface area contributed by atoms with Gasteiger partial charge in [-0.3, -0.25) is 4.79 Å². The van der Waals surface area contributed by atoms with Gasteiger partial charge >= 0.3 is 0 Å². The molecule has 28 heavy (non-hydrogen) atoms. The summed E-state index contributed by atoms with van der Waals surface area (Å²) in [7, 11) is 1.76. The Morgan fingerprint density at radius 2 is 1.61 bits per heavy atom. The van der Waals surface area contributed by atoms with Crippen LogP contribution in [0.15, 0.2) is 58.5 Å². The van der Waals surface area contributed by atoms with Crippen molar-refractivity contribution >= 4 is 40.9 Å². The van der Waals surface area contributed by atoms with E-state index in [1.165, 1.54) is 16.7 Å². The highest BCUT2D eigenvalue weighted by atomic mass is 32.2. The van der Waals surface area contributed by atoms with Gasteiger partial charge in [0.2, 0.25) is 0 Å². The van der Waals surface area contributed by atoms with E-state index < -0.39 is 0 Å². The molecule has 7 heteroatoms. The number of benzene rings is 2. The van der Waals surface area contributed by atoms with Crippen LogP contribution in [0.4, 0.5) is 11.5 Å². The van der Waals surface area contributed by atoms with Crippen molar-refractivity contribution < 1.29 is 4.79 Å². The highest BCUT2D eigenvalue weighted by Gasteiger charge is 2.21. The number of hydrogen-bond donors (Lipinski definition) is 2. The molecule has 0 aliphatic heterocycles. The van der Waals surface area contributed by atoms with Gasteiger partial charge in [-0.05, 0) is 43.7 Å². The first-order valence-corrected chi connectivity index (χ1v) is 11.2. The quantitative estimate of drug-likeness (QED) is 0.431. The SMILES string of the molecule is CNc1nc(-c2ccc(SC)cc2)nc(SC)c1C(=O)Nc1ccc(C)cc1. The second-order valence-corrected chi connectivity index (χ2v) is 7.75. The minimum atomic E-state index is -0.234. The third-order valence-electron chi connectivity index (χ3n) is 4.19. The van der Waals surface area contributed by atoms with Crippen LogP contribution in [0.3, 0.4) is 0 Å². The molecule has 0 fully saturated rings. The van der Waals surface area contributed by atoms with Gasteiger partial charge in [-0.2, -0.15) is 0 Å². The molecule has 0 unspecified atom stereocenters. The summed E-state index contributed by atoms with van der Waals surface area (Å²) in [4.78, 5) is 23.4. The normalized spacial score (nSPS) is 10.6. The van der Waals surface area contributed by atoms with Crippen LogP contribution in [0.1, 0.15) is 15.9 Å². The van der Waals surface area contributed by atoms with E-state index in [4.69, 9.17) is 0 Å². The maximum Gasteiger partial charge on any atom is 0.262 e. The van der Waals surface area contributed by atoms with Crippen molar-refractivity contribution in [3.05, 3.63) is 59.7 Å². The van der Waals surface area contributed by atoms with E-state index >= 15 is 0 Å². The fraction of sp³-hybridized carbons (Fsp3) is 0.190. The van der Waals surface area contributed by atoms with Crippen LogP contribution in [0, 0.1) is 6.92 Å². The lowest BCUT2D eigenvalue weighted by atomic mass is 10.2. The Kier molecular flexibility index (Phi) is 6.59. The molecular weight excluding hydrogens is 388 g/mol. The molecule has 0 aliphatic carbocycles. The van der Waals surface area contributed by atoms with E-state index in [-0.39, 0.29) is 5.91 Å². The third-order valence-corrected chi connectivity index (χ3v) is 5.62. The number of aryl methyl sites for hydroxylation is 1. The molecule has 2 N–H and O–H groups in total. The summed E-state index contributed by atoms with van der Waals surface area (Å²) in [6.45, 7) is 2.01. The van der Waals surface area contributed by atoms with Crippen LogP contribution in [-0.4, -0.2) is 35.4 Å². The molecule has 5 nitrogen and oxygen atoms in total. The molecule has 144 valence electrons. The summed E-state index contributed by atoms with van der Waals surface area (Å²) in [6, 6.07) is 15.8. The molecule has 0 saturated carbocycles. The number of anilines is 2. The average molecular weight is 411 g/mol. The molecular formula is C21H22N4OS2. The molecule has 1 heterocycles. The number of thioether (sulfide) groups is 2. The van der Waals surface area contributed by atoms with E-state index in [2.05, 4.69) is 20.6 Å². The lowest BCUT2D eigenvalue weighted by Crippen LogP contribution is -2.17. The van der Waals surface area contributed by atoms with Gasteiger partial charge in [0.1, 0.15) is 16.4 Å². The van der Waals surface area contributed by atoms with Gasteiger partial charge in [-0.1, -0.05) is 29.8 Å². The maximum atomic E-state index is 12.9. The number of rotatable bonds is 6. The molecule has 2 aromatic carbocycles. The van der Waals surface area contributed by atoms with Crippen LogP contribution in [0.5, 0.6) is 0 Å². The fourth-order valence-corrected chi connectivity index (χ4v) is 3.65. The van der Waals surface area contributed by atoms with Crippen molar-refractivity contribution in [3.8, 4) is 11.4 Å². The zero-order valence-corrected chi connectivity index (χ0v) is 17.9. The number of nitrogens with one attached hydrogen (secondary N) is 2. The minimum Gasteiger partial charge on any atom is -0.372 e. The van der Waals surface area contributed by atoms with Crippen molar-refractivity contribution in [1.29, 1.82) is 0 Å². The van der Waals surface area contributed by atoms with E-state index in [1.807, 2.05) is 68.0 Å². The third kappa shape index (κ3) is 4.48. The molecule has 0 radical (unpaired) electrons. The minimum absolute atomic E-state index is 0.234.